The minimum Gasteiger partial charge on any atom is -0.354 e. The molecule has 3 rings (SSSR count). The summed E-state index contributed by atoms with van der Waals surface area (Å²) in [4.78, 5) is 19.3. The zero-order valence-corrected chi connectivity index (χ0v) is 16.0. The molecular weight excluding hydrogens is 322 g/mol. The predicted molar refractivity (Wildman–Crippen MR) is 106 cm³/mol. The quantitative estimate of drug-likeness (QED) is 0.823. The van der Waals surface area contributed by atoms with Crippen molar-refractivity contribution >= 4 is 5.91 Å². The minimum atomic E-state index is -0.378. The van der Waals surface area contributed by atoms with E-state index in [0.717, 1.165) is 43.7 Å². The standard InChI is InChI=1S/C22H29N3O/c1-17(2)11-14-24-21(26)22(3)12-15-25(22)16-18-7-9-19(10-8-18)20-6-4-5-13-23-20/h4-10,13,17H,11-12,14-16H2,1-3H3,(H,24,26). The third-order valence-electron chi connectivity index (χ3n) is 5.35. The lowest BCUT2D eigenvalue weighted by Crippen LogP contribution is -2.65. The summed E-state index contributed by atoms with van der Waals surface area (Å²) in [5.41, 5.74) is 2.95. The summed E-state index contributed by atoms with van der Waals surface area (Å²) in [5.74, 6) is 0.771. The molecule has 1 unspecified atom stereocenters. The summed E-state index contributed by atoms with van der Waals surface area (Å²) in [7, 11) is 0. The number of benzene rings is 1. The van der Waals surface area contributed by atoms with Crippen molar-refractivity contribution in [3.05, 3.63) is 54.2 Å². The van der Waals surface area contributed by atoms with Gasteiger partial charge in [-0.3, -0.25) is 14.7 Å². The highest BCUT2D eigenvalue weighted by Gasteiger charge is 2.46. The van der Waals surface area contributed by atoms with Crippen LogP contribution in [0.2, 0.25) is 0 Å². The van der Waals surface area contributed by atoms with Crippen molar-refractivity contribution in [1.29, 1.82) is 0 Å². The third kappa shape index (κ3) is 4.13. The van der Waals surface area contributed by atoms with Crippen molar-refractivity contribution in [3.63, 3.8) is 0 Å². The average molecular weight is 351 g/mol. The Morgan fingerprint density at radius 2 is 2.00 bits per heavy atom. The van der Waals surface area contributed by atoms with Gasteiger partial charge < -0.3 is 5.32 Å². The van der Waals surface area contributed by atoms with Crippen LogP contribution in [0, 0.1) is 5.92 Å². The largest absolute Gasteiger partial charge is 0.354 e. The van der Waals surface area contributed by atoms with Crippen LogP contribution in [-0.4, -0.2) is 34.4 Å². The second-order valence-corrected chi connectivity index (χ2v) is 7.80. The summed E-state index contributed by atoms with van der Waals surface area (Å²) < 4.78 is 0. The Morgan fingerprint density at radius 3 is 2.58 bits per heavy atom. The fraction of sp³-hybridized carbons (Fsp3) is 0.455. The number of carbonyl (C=O) groups is 1. The lowest BCUT2D eigenvalue weighted by atomic mass is 9.85. The van der Waals surface area contributed by atoms with Gasteiger partial charge in [-0.15, -0.1) is 0 Å². The second-order valence-electron chi connectivity index (χ2n) is 7.80. The molecule has 1 N–H and O–H groups in total. The Balaban J connectivity index is 1.59. The van der Waals surface area contributed by atoms with Gasteiger partial charge in [0, 0.05) is 31.4 Å². The van der Waals surface area contributed by atoms with Crippen LogP contribution in [0.5, 0.6) is 0 Å². The summed E-state index contributed by atoms with van der Waals surface area (Å²) in [6.45, 7) is 8.95. The highest BCUT2D eigenvalue weighted by atomic mass is 16.2. The van der Waals surface area contributed by atoms with Gasteiger partial charge in [-0.25, -0.2) is 0 Å². The van der Waals surface area contributed by atoms with Gasteiger partial charge in [0.2, 0.25) is 5.91 Å². The number of nitrogens with one attached hydrogen (secondary N) is 1. The lowest BCUT2D eigenvalue weighted by molar-refractivity contribution is -0.141. The maximum Gasteiger partial charge on any atom is 0.240 e. The highest BCUT2D eigenvalue weighted by Crippen LogP contribution is 2.32. The fourth-order valence-corrected chi connectivity index (χ4v) is 3.32. The van der Waals surface area contributed by atoms with Gasteiger partial charge in [0.15, 0.2) is 0 Å². The maximum atomic E-state index is 12.6. The van der Waals surface area contributed by atoms with Crippen LogP contribution in [0.25, 0.3) is 11.3 Å². The SMILES string of the molecule is CC(C)CCNC(=O)C1(C)CCN1Cc1ccc(-c2ccccn2)cc1. The van der Waals surface area contributed by atoms with Gasteiger partial charge in [-0.05, 0) is 43.4 Å². The first-order chi connectivity index (χ1) is 12.5. The van der Waals surface area contributed by atoms with Crippen molar-refractivity contribution in [2.75, 3.05) is 13.1 Å². The van der Waals surface area contributed by atoms with E-state index in [2.05, 4.69) is 60.2 Å². The molecule has 1 aromatic heterocycles. The van der Waals surface area contributed by atoms with Crippen LogP contribution >= 0.6 is 0 Å². The normalized spacial score (nSPS) is 20.0. The molecule has 1 saturated heterocycles. The number of hydrogen-bond donors (Lipinski definition) is 1. The van der Waals surface area contributed by atoms with Crippen LogP contribution in [0.4, 0.5) is 0 Å². The number of pyridine rings is 1. The molecule has 1 amide bonds. The molecule has 1 aliphatic heterocycles. The molecule has 138 valence electrons. The molecule has 0 radical (unpaired) electrons. The molecule has 2 aromatic rings. The number of likely N-dealkylation sites (tertiary alicyclic amines) is 1. The summed E-state index contributed by atoms with van der Waals surface area (Å²) >= 11 is 0. The van der Waals surface area contributed by atoms with Crippen molar-refractivity contribution in [2.45, 2.75) is 45.7 Å². The first-order valence-electron chi connectivity index (χ1n) is 9.53. The molecule has 0 bridgehead atoms. The van der Waals surface area contributed by atoms with Gasteiger partial charge in [0.1, 0.15) is 0 Å². The monoisotopic (exact) mass is 351 g/mol. The van der Waals surface area contributed by atoms with E-state index in [-0.39, 0.29) is 11.4 Å². The van der Waals surface area contributed by atoms with Crippen molar-refractivity contribution in [3.8, 4) is 11.3 Å². The van der Waals surface area contributed by atoms with Crippen molar-refractivity contribution < 1.29 is 4.79 Å². The van der Waals surface area contributed by atoms with Crippen LogP contribution in [0.3, 0.4) is 0 Å². The number of aromatic nitrogens is 1. The zero-order valence-electron chi connectivity index (χ0n) is 16.0. The van der Waals surface area contributed by atoms with E-state index in [4.69, 9.17) is 0 Å². The molecule has 0 spiro atoms. The predicted octanol–water partition coefficient (Wildman–Crippen LogP) is 3.88. The average Bonchev–Trinajstić information content (AvgIpc) is 2.65. The van der Waals surface area contributed by atoms with E-state index in [1.165, 1.54) is 5.56 Å². The Kier molecular flexibility index (Phi) is 5.72. The minimum absolute atomic E-state index is 0.162. The van der Waals surface area contributed by atoms with E-state index in [9.17, 15) is 4.79 Å². The zero-order chi connectivity index (χ0) is 18.6. The highest BCUT2D eigenvalue weighted by molar-refractivity contribution is 5.86. The summed E-state index contributed by atoms with van der Waals surface area (Å²) in [5, 5.41) is 3.11. The molecule has 0 aliphatic carbocycles. The van der Waals surface area contributed by atoms with E-state index < -0.39 is 0 Å². The molecule has 1 fully saturated rings. The number of nitrogens with zero attached hydrogens (tertiary/aromatic N) is 2. The number of hydrogen-bond acceptors (Lipinski definition) is 3. The number of carbonyl (C=O) groups excluding carboxylic acids is 1. The molecule has 2 heterocycles. The van der Waals surface area contributed by atoms with Crippen molar-refractivity contribution in [1.82, 2.24) is 15.2 Å². The first-order valence-corrected chi connectivity index (χ1v) is 9.53. The van der Waals surface area contributed by atoms with E-state index in [0.29, 0.717) is 5.92 Å². The Bertz CT molecular complexity index is 727. The van der Waals surface area contributed by atoms with Gasteiger partial charge in [0.05, 0.1) is 11.2 Å². The molecule has 26 heavy (non-hydrogen) atoms. The summed E-state index contributed by atoms with van der Waals surface area (Å²) in [6, 6.07) is 14.4. The summed E-state index contributed by atoms with van der Waals surface area (Å²) in [6.07, 6.45) is 3.76. The Labute approximate surface area is 156 Å². The van der Waals surface area contributed by atoms with Crippen LogP contribution in [0.1, 0.15) is 39.2 Å². The lowest BCUT2D eigenvalue weighted by Gasteiger charge is -2.49. The molecular formula is C22H29N3O. The van der Waals surface area contributed by atoms with Gasteiger partial charge in [-0.2, -0.15) is 0 Å². The topological polar surface area (TPSA) is 45.2 Å². The van der Waals surface area contributed by atoms with Crippen LogP contribution in [-0.2, 0) is 11.3 Å². The third-order valence-corrected chi connectivity index (χ3v) is 5.35. The molecule has 4 nitrogen and oxygen atoms in total. The maximum absolute atomic E-state index is 12.6. The molecule has 1 aliphatic rings. The smallest absolute Gasteiger partial charge is 0.240 e. The van der Waals surface area contributed by atoms with Gasteiger partial charge in [0.25, 0.3) is 0 Å². The molecule has 1 aromatic carbocycles. The molecule has 1 atom stereocenters. The van der Waals surface area contributed by atoms with E-state index >= 15 is 0 Å². The number of amides is 1. The van der Waals surface area contributed by atoms with Gasteiger partial charge in [-0.1, -0.05) is 44.2 Å². The first kappa shape index (κ1) is 18.6. The van der Waals surface area contributed by atoms with E-state index in [1.807, 2.05) is 24.4 Å². The fourth-order valence-electron chi connectivity index (χ4n) is 3.32. The van der Waals surface area contributed by atoms with Crippen LogP contribution in [0.15, 0.2) is 48.7 Å². The number of rotatable bonds is 7. The Hall–Kier alpha value is -2.20. The molecule has 0 saturated carbocycles. The van der Waals surface area contributed by atoms with Crippen molar-refractivity contribution in [2.24, 2.45) is 5.92 Å². The van der Waals surface area contributed by atoms with Crippen LogP contribution < -0.4 is 5.32 Å². The molecule has 4 heteroatoms. The van der Waals surface area contributed by atoms with Gasteiger partial charge >= 0.3 is 0 Å². The van der Waals surface area contributed by atoms with E-state index in [1.54, 1.807) is 0 Å². The Morgan fingerprint density at radius 1 is 1.23 bits per heavy atom. The second kappa shape index (κ2) is 8.00.